The zero-order chi connectivity index (χ0) is 17.7. The van der Waals surface area contributed by atoms with E-state index in [1.807, 2.05) is 73.7 Å². The molecular formula is C23H15NO2. The summed E-state index contributed by atoms with van der Waals surface area (Å²) in [6, 6.07) is 21.3. The average Bonchev–Trinajstić information content (AvgIpc) is 2.68. The van der Waals surface area contributed by atoms with Gasteiger partial charge in [-0.3, -0.25) is 4.79 Å². The summed E-state index contributed by atoms with van der Waals surface area (Å²) in [5, 5.41) is 1.76. The Hall–Kier alpha value is -3.46. The molecule has 1 aliphatic carbocycles. The zero-order valence-corrected chi connectivity index (χ0v) is 14.2. The lowest BCUT2D eigenvalue weighted by molar-refractivity contribution is 0.104. The molecule has 5 rings (SSSR count). The molecule has 1 aromatic heterocycles. The number of fused-ring (bicyclic) bond motifs is 2. The van der Waals surface area contributed by atoms with Gasteiger partial charge in [-0.15, -0.1) is 0 Å². The van der Waals surface area contributed by atoms with Crippen molar-refractivity contribution >= 4 is 16.6 Å². The van der Waals surface area contributed by atoms with E-state index >= 15 is 0 Å². The third-order valence-electron chi connectivity index (χ3n) is 4.82. The van der Waals surface area contributed by atoms with Crippen molar-refractivity contribution < 1.29 is 9.53 Å². The number of carbonyl (C=O) groups is 1. The monoisotopic (exact) mass is 337 g/mol. The molecule has 124 valence electrons. The van der Waals surface area contributed by atoms with E-state index in [-0.39, 0.29) is 5.78 Å². The van der Waals surface area contributed by atoms with Crippen LogP contribution in [0.5, 0.6) is 11.6 Å². The number of carbonyl (C=O) groups excluding carboxylic acids is 1. The Kier molecular flexibility index (Phi) is 3.16. The molecule has 0 atom stereocenters. The van der Waals surface area contributed by atoms with E-state index in [1.54, 1.807) is 6.20 Å². The highest BCUT2D eigenvalue weighted by Crippen LogP contribution is 2.42. The number of aryl methyl sites for hydroxylation is 1. The Morgan fingerprint density at radius 2 is 1.50 bits per heavy atom. The van der Waals surface area contributed by atoms with Crippen molar-refractivity contribution in [1.82, 2.24) is 4.98 Å². The number of ether oxygens (including phenoxy) is 1. The first-order valence-corrected chi connectivity index (χ1v) is 8.53. The summed E-state index contributed by atoms with van der Waals surface area (Å²) in [6.45, 7) is 2.04. The van der Waals surface area contributed by atoms with Crippen LogP contribution >= 0.6 is 0 Å². The predicted octanol–water partition coefficient (Wildman–Crippen LogP) is 5.55. The maximum Gasteiger partial charge on any atom is 0.227 e. The zero-order valence-electron chi connectivity index (χ0n) is 14.2. The molecule has 1 aliphatic rings. The van der Waals surface area contributed by atoms with Gasteiger partial charge in [-0.25, -0.2) is 4.98 Å². The van der Waals surface area contributed by atoms with Gasteiger partial charge in [-0.1, -0.05) is 54.1 Å². The van der Waals surface area contributed by atoms with E-state index in [0.29, 0.717) is 11.4 Å². The molecule has 4 aromatic rings. The summed E-state index contributed by atoms with van der Waals surface area (Å²) in [7, 11) is 0. The van der Waals surface area contributed by atoms with Crippen molar-refractivity contribution in [1.29, 1.82) is 0 Å². The summed E-state index contributed by atoms with van der Waals surface area (Å²) < 4.78 is 6.03. The lowest BCUT2D eigenvalue weighted by atomic mass is 9.84. The van der Waals surface area contributed by atoms with Gasteiger partial charge in [0.1, 0.15) is 5.75 Å². The van der Waals surface area contributed by atoms with Crippen LogP contribution in [-0.4, -0.2) is 10.8 Å². The van der Waals surface area contributed by atoms with Gasteiger partial charge < -0.3 is 4.74 Å². The van der Waals surface area contributed by atoms with Crippen LogP contribution < -0.4 is 4.74 Å². The summed E-state index contributed by atoms with van der Waals surface area (Å²) in [6.07, 6.45) is 1.81. The fraction of sp³-hybridized carbons (Fsp3) is 0.0435. The fourth-order valence-electron chi connectivity index (χ4n) is 3.53. The average molecular weight is 337 g/mol. The molecule has 26 heavy (non-hydrogen) atoms. The smallest absolute Gasteiger partial charge is 0.227 e. The predicted molar refractivity (Wildman–Crippen MR) is 102 cm³/mol. The third-order valence-corrected chi connectivity index (χ3v) is 4.82. The second-order valence-corrected chi connectivity index (χ2v) is 6.49. The van der Waals surface area contributed by atoms with Crippen LogP contribution in [0.1, 0.15) is 21.5 Å². The lowest BCUT2D eigenvalue weighted by Gasteiger charge is -2.20. The Labute approximate surface area is 150 Å². The molecular weight excluding hydrogens is 322 g/mol. The number of rotatable bonds is 2. The number of pyridine rings is 1. The van der Waals surface area contributed by atoms with Gasteiger partial charge in [-0.2, -0.15) is 0 Å². The molecule has 0 radical (unpaired) electrons. The summed E-state index contributed by atoms with van der Waals surface area (Å²) in [4.78, 5) is 17.5. The number of ketones is 1. The second-order valence-electron chi connectivity index (χ2n) is 6.49. The molecule has 0 N–H and O–H groups in total. The highest BCUT2D eigenvalue weighted by molar-refractivity contribution is 6.26. The minimum atomic E-state index is 0.0474. The Balaban J connectivity index is 1.74. The second kappa shape index (κ2) is 5.53. The summed E-state index contributed by atoms with van der Waals surface area (Å²) in [5.41, 5.74) is 4.50. The van der Waals surface area contributed by atoms with Gasteiger partial charge >= 0.3 is 0 Å². The van der Waals surface area contributed by atoms with E-state index in [4.69, 9.17) is 4.74 Å². The topological polar surface area (TPSA) is 39.2 Å². The summed E-state index contributed by atoms with van der Waals surface area (Å²) in [5.74, 6) is 1.29. The lowest BCUT2D eigenvalue weighted by Crippen LogP contribution is -2.10. The minimum absolute atomic E-state index is 0.0474. The highest BCUT2D eigenvalue weighted by atomic mass is 16.5. The van der Waals surface area contributed by atoms with Crippen molar-refractivity contribution in [3.05, 3.63) is 89.6 Å². The van der Waals surface area contributed by atoms with Crippen LogP contribution in [0.2, 0.25) is 0 Å². The molecule has 3 heteroatoms. The van der Waals surface area contributed by atoms with Crippen molar-refractivity contribution in [2.24, 2.45) is 0 Å². The van der Waals surface area contributed by atoms with Gasteiger partial charge in [0.15, 0.2) is 5.78 Å². The molecule has 0 bridgehead atoms. The Morgan fingerprint density at radius 1 is 0.769 bits per heavy atom. The van der Waals surface area contributed by atoms with Crippen molar-refractivity contribution in [3.8, 4) is 22.8 Å². The molecule has 3 nitrogen and oxygen atoms in total. The first-order valence-electron chi connectivity index (χ1n) is 8.53. The molecule has 3 aromatic carbocycles. The maximum absolute atomic E-state index is 12.9. The molecule has 0 amide bonds. The first-order chi connectivity index (χ1) is 12.7. The van der Waals surface area contributed by atoms with Gasteiger partial charge in [0, 0.05) is 33.7 Å². The standard InChI is InChI=1S/C23H15NO2/c1-14-9-11-15(12-10-14)26-23-19-8-4-7-18-21(19)20(13-24-23)16-5-2-3-6-17(16)22(18)25/h2-13H,1H3. The van der Waals surface area contributed by atoms with Crippen LogP contribution in [0, 0.1) is 6.92 Å². The molecule has 0 spiro atoms. The molecule has 0 saturated heterocycles. The summed E-state index contributed by atoms with van der Waals surface area (Å²) >= 11 is 0. The molecule has 0 aliphatic heterocycles. The van der Waals surface area contributed by atoms with Gasteiger partial charge in [-0.05, 0) is 30.7 Å². The minimum Gasteiger partial charge on any atom is -0.438 e. The SMILES string of the molecule is Cc1ccc(Oc2ncc3c4c(cccc24)C(=O)c2ccccc2-3)cc1. The van der Waals surface area contributed by atoms with Crippen LogP contribution in [0.4, 0.5) is 0 Å². The largest absolute Gasteiger partial charge is 0.438 e. The number of nitrogens with zero attached hydrogens (tertiary/aromatic N) is 1. The highest BCUT2D eigenvalue weighted by Gasteiger charge is 2.26. The van der Waals surface area contributed by atoms with Crippen LogP contribution in [0.25, 0.3) is 21.9 Å². The molecule has 0 fully saturated rings. The quantitative estimate of drug-likeness (QED) is 0.424. The van der Waals surface area contributed by atoms with Crippen molar-refractivity contribution in [3.63, 3.8) is 0 Å². The van der Waals surface area contributed by atoms with Crippen LogP contribution in [0.3, 0.4) is 0 Å². The van der Waals surface area contributed by atoms with Crippen molar-refractivity contribution in [2.45, 2.75) is 6.92 Å². The van der Waals surface area contributed by atoms with Gasteiger partial charge in [0.05, 0.1) is 0 Å². The van der Waals surface area contributed by atoms with E-state index in [2.05, 4.69) is 4.98 Å². The van der Waals surface area contributed by atoms with E-state index < -0.39 is 0 Å². The normalized spacial score (nSPS) is 12.1. The molecule has 1 heterocycles. The third kappa shape index (κ3) is 2.14. The number of hydrogen-bond acceptors (Lipinski definition) is 3. The van der Waals surface area contributed by atoms with E-state index in [1.165, 1.54) is 5.56 Å². The Morgan fingerprint density at radius 3 is 2.31 bits per heavy atom. The van der Waals surface area contributed by atoms with E-state index in [9.17, 15) is 4.79 Å². The van der Waals surface area contributed by atoms with Crippen LogP contribution in [0.15, 0.2) is 72.9 Å². The molecule has 0 saturated carbocycles. The number of aromatic nitrogens is 1. The van der Waals surface area contributed by atoms with Gasteiger partial charge in [0.25, 0.3) is 0 Å². The maximum atomic E-state index is 12.9. The van der Waals surface area contributed by atoms with Crippen molar-refractivity contribution in [2.75, 3.05) is 0 Å². The van der Waals surface area contributed by atoms with E-state index in [0.717, 1.165) is 33.2 Å². The number of benzene rings is 3. The fourth-order valence-corrected chi connectivity index (χ4v) is 3.53. The van der Waals surface area contributed by atoms with Gasteiger partial charge in [0.2, 0.25) is 5.88 Å². The Bertz CT molecular complexity index is 1180. The first kappa shape index (κ1) is 14.8. The molecule has 0 unspecified atom stereocenters. The van der Waals surface area contributed by atoms with Crippen LogP contribution in [-0.2, 0) is 0 Å². The number of hydrogen-bond donors (Lipinski definition) is 0.